The van der Waals surface area contributed by atoms with Crippen LogP contribution in [-0.4, -0.2) is 16.8 Å². The van der Waals surface area contributed by atoms with Gasteiger partial charge in [0, 0.05) is 12.4 Å². The van der Waals surface area contributed by atoms with E-state index in [1.54, 1.807) is 7.11 Å². The molecule has 1 fully saturated rings. The molecule has 2 aromatic rings. The van der Waals surface area contributed by atoms with Crippen LogP contribution in [0.2, 0.25) is 0 Å². The van der Waals surface area contributed by atoms with E-state index < -0.39 is 5.60 Å². The van der Waals surface area contributed by atoms with E-state index in [4.69, 9.17) is 4.74 Å². The Morgan fingerprint density at radius 2 is 2.12 bits per heavy atom. The van der Waals surface area contributed by atoms with E-state index >= 15 is 0 Å². The number of ether oxygens (including phenoxy) is 1. The molecule has 1 heterocycles. The maximum Gasteiger partial charge on any atom is 0.128 e. The number of hydrogen-bond donors (Lipinski definition) is 1. The molecular formula is C14H17NO2. The molecule has 3 nitrogen and oxygen atoms in total. The average molecular weight is 231 g/mol. The van der Waals surface area contributed by atoms with Crippen LogP contribution in [0.15, 0.2) is 24.3 Å². The van der Waals surface area contributed by atoms with Gasteiger partial charge in [-0.15, -0.1) is 0 Å². The third-order valence-corrected chi connectivity index (χ3v) is 3.92. The SMILES string of the molecule is COc1cccc2c1cc(C1(O)CCC1)n2C. The minimum Gasteiger partial charge on any atom is -0.496 e. The van der Waals surface area contributed by atoms with Crippen molar-refractivity contribution in [1.82, 2.24) is 4.57 Å². The summed E-state index contributed by atoms with van der Waals surface area (Å²) in [6.07, 6.45) is 2.83. The molecule has 1 N–H and O–H groups in total. The van der Waals surface area contributed by atoms with Crippen molar-refractivity contribution in [3.63, 3.8) is 0 Å². The predicted molar refractivity (Wildman–Crippen MR) is 67.2 cm³/mol. The van der Waals surface area contributed by atoms with Gasteiger partial charge in [-0.2, -0.15) is 0 Å². The van der Waals surface area contributed by atoms with Crippen molar-refractivity contribution in [3.8, 4) is 5.75 Å². The van der Waals surface area contributed by atoms with E-state index in [-0.39, 0.29) is 0 Å². The minimum atomic E-state index is -0.626. The molecule has 0 aliphatic heterocycles. The van der Waals surface area contributed by atoms with Crippen molar-refractivity contribution in [2.45, 2.75) is 24.9 Å². The smallest absolute Gasteiger partial charge is 0.128 e. The quantitative estimate of drug-likeness (QED) is 0.862. The summed E-state index contributed by atoms with van der Waals surface area (Å²) in [5, 5.41) is 11.5. The lowest BCUT2D eigenvalue weighted by molar-refractivity contribution is -0.0445. The number of nitrogens with zero attached hydrogens (tertiary/aromatic N) is 1. The van der Waals surface area contributed by atoms with E-state index in [9.17, 15) is 5.11 Å². The lowest BCUT2D eigenvalue weighted by atomic mass is 9.78. The molecule has 3 heteroatoms. The molecule has 0 atom stereocenters. The average Bonchev–Trinajstić information content (AvgIpc) is 2.64. The summed E-state index contributed by atoms with van der Waals surface area (Å²) in [5.41, 5.74) is 1.49. The molecule has 0 radical (unpaired) electrons. The molecule has 1 aliphatic rings. The normalized spacial score (nSPS) is 18.1. The lowest BCUT2D eigenvalue weighted by Gasteiger charge is -2.37. The first-order valence-corrected chi connectivity index (χ1v) is 6.01. The maximum absolute atomic E-state index is 10.5. The monoisotopic (exact) mass is 231 g/mol. The zero-order valence-corrected chi connectivity index (χ0v) is 10.2. The van der Waals surface area contributed by atoms with Crippen molar-refractivity contribution in [2.24, 2.45) is 7.05 Å². The minimum absolute atomic E-state index is 0.626. The second-order valence-electron chi connectivity index (χ2n) is 4.87. The number of aliphatic hydroxyl groups is 1. The number of hydrogen-bond acceptors (Lipinski definition) is 2. The number of methoxy groups -OCH3 is 1. The first kappa shape index (κ1) is 10.7. The molecule has 17 heavy (non-hydrogen) atoms. The Balaban J connectivity index is 2.24. The standard InChI is InChI=1S/C14H17NO2/c1-15-11-5-3-6-12(17-2)10(11)9-13(15)14(16)7-4-8-14/h3,5-6,9,16H,4,7-8H2,1-2H3. The Labute approximate surface area is 101 Å². The Bertz CT molecular complexity index is 567. The van der Waals surface area contributed by atoms with Crippen molar-refractivity contribution < 1.29 is 9.84 Å². The Morgan fingerprint density at radius 3 is 2.71 bits per heavy atom. The maximum atomic E-state index is 10.5. The molecule has 0 bridgehead atoms. The second kappa shape index (κ2) is 3.50. The largest absolute Gasteiger partial charge is 0.496 e. The lowest BCUT2D eigenvalue weighted by Crippen LogP contribution is -2.35. The van der Waals surface area contributed by atoms with Gasteiger partial charge in [0.25, 0.3) is 0 Å². The van der Waals surface area contributed by atoms with Crippen LogP contribution in [0.5, 0.6) is 5.75 Å². The Kier molecular flexibility index (Phi) is 2.20. The first-order valence-electron chi connectivity index (χ1n) is 6.01. The first-order chi connectivity index (χ1) is 8.15. The van der Waals surface area contributed by atoms with E-state index in [0.29, 0.717) is 0 Å². The molecule has 0 unspecified atom stereocenters. The van der Waals surface area contributed by atoms with Gasteiger partial charge >= 0.3 is 0 Å². The van der Waals surface area contributed by atoms with Crippen molar-refractivity contribution in [3.05, 3.63) is 30.0 Å². The molecule has 90 valence electrons. The highest BCUT2D eigenvalue weighted by Gasteiger charge is 2.38. The fourth-order valence-corrected chi connectivity index (χ4v) is 2.73. The van der Waals surface area contributed by atoms with Gasteiger partial charge < -0.3 is 14.4 Å². The van der Waals surface area contributed by atoms with E-state index in [1.165, 1.54) is 0 Å². The Morgan fingerprint density at radius 1 is 1.35 bits per heavy atom. The highest BCUT2D eigenvalue weighted by molar-refractivity contribution is 5.87. The van der Waals surface area contributed by atoms with Crippen LogP contribution in [0.1, 0.15) is 25.0 Å². The van der Waals surface area contributed by atoms with E-state index in [0.717, 1.165) is 41.6 Å². The fourth-order valence-electron chi connectivity index (χ4n) is 2.73. The van der Waals surface area contributed by atoms with Gasteiger partial charge in [0.2, 0.25) is 0 Å². The molecule has 1 saturated carbocycles. The number of aryl methyl sites for hydroxylation is 1. The van der Waals surface area contributed by atoms with Gasteiger partial charge in [0.05, 0.1) is 18.3 Å². The van der Waals surface area contributed by atoms with Gasteiger partial charge in [0.1, 0.15) is 11.4 Å². The van der Waals surface area contributed by atoms with Crippen molar-refractivity contribution >= 4 is 10.9 Å². The van der Waals surface area contributed by atoms with Crippen LogP contribution in [0, 0.1) is 0 Å². The van der Waals surface area contributed by atoms with Crippen LogP contribution in [-0.2, 0) is 12.6 Å². The second-order valence-corrected chi connectivity index (χ2v) is 4.87. The molecule has 1 aliphatic carbocycles. The summed E-state index contributed by atoms with van der Waals surface area (Å²) >= 11 is 0. The Hall–Kier alpha value is -1.48. The van der Waals surface area contributed by atoms with Gasteiger partial charge in [-0.1, -0.05) is 6.07 Å². The fraction of sp³-hybridized carbons (Fsp3) is 0.429. The molecular weight excluding hydrogens is 214 g/mol. The van der Waals surface area contributed by atoms with Crippen LogP contribution in [0.3, 0.4) is 0 Å². The van der Waals surface area contributed by atoms with Gasteiger partial charge in [-0.25, -0.2) is 0 Å². The summed E-state index contributed by atoms with van der Waals surface area (Å²) in [5.74, 6) is 0.868. The van der Waals surface area contributed by atoms with Crippen LogP contribution < -0.4 is 4.74 Å². The van der Waals surface area contributed by atoms with E-state index in [2.05, 4.69) is 16.7 Å². The summed E-state index contributed by atoms with van der Waals surface area (Å²) in [6.45, 7) is 0. The highest BCUT2D eigenvalue weighted by atomic mass is 16.5. The molecule has 0 amide bonds. The summed E-state index contributed by atoms with van der Waals surface area (Å²) < 4.78 is 7.45. The number of aromatic nitrogens is 1. The van der Waals surface area contributed by atoms with Crippen LogP contribution in [0.4, 0.5) is 0 Å². The third kappa shape index (κ3) is 1.39. The molecule has 1 aromatic heterocycles. The zero-order chi connectivity index (χ0) is 12.0. The number of benzene rings is 1. The van der Waals surface area contributed by atoms with Crippen LogP contribution in [0.25, 0.3) is 10.9 Å². The van der Waals surface area contributed by atoms with Crippen molar-refractivity contribution in [1.29, 1.82) is 0 Å². The van der Waals surface area contributed by atoms with Gasteiger partial charge in [-0.05, 0) is 37.5 Å². The molecule has 1 aromatic carbocycles. The number of rotatable bonds is 2. The predicted octanol–water partition coefficient (Wildman–Crippen LogP) is 2.56. The molecule has 0 saturated heterocycles. The molecule has 3 rings (SSSR count). The van der Waals surface area contributed by atoms with Gasteiger partial charge in [0.15, 0.2) is 0 Å². The summed E-state index contributed by atoms with van der Waals surface area (Å²) in [4.78, 5) is 0. The van der Waals surface area contributed by atoms with Crippen LogP contribution >= 0.6 is 0 Å². The van der Waals surface area contributed by atoms with E-state index in [1.807, 2.05) is 19.2 Å². The summed E-state index contributed by atoms with van der Waals surface area (Å²) in [7, 11) is 3.69. The number of fused-ring (bicyclic) bond motifs is 1. The highest BCUT2D eigenvalue weighted by Crippen LogP contribution is 2.43. The molecule has 0 spiro atoms. The van der Waals surface area contributed by atoms with Gasteiger partial charge in [-0.3, -0.25) is 0 Å². The summed E-state index contributed by atoms with van der Waals surface area (Å²) in [6, 6.07) is 8.06. The van der Waals surface area contributed by atoms with Crippen molar-refractivity contribution in [2.75, 3.05) is 7.11 Å². The zero-order valence-electron chi connectivity index (χ0n) is 10.2. The third-order valence-electron chi connectivity index (χ3n) is 3.92. The topological polar surface area (TPSA) is 34.4 Å².